The molecule has 0 atom stereocenters. The minimum absolute atomic E-state index is 0.192. The Morgan fingerprint density at radius 2 is 1.50 bits per heavy atom. The third-order valence-electron chi connectivity index (χ3n) is 4.68. The summed E-state index contributed by atoms with van der Waals surface area (Å²) in [5.74, 6) is 0.542. The first-order valence-electron chi connectivity index (χ1n) is 8.07. The summed E-state index contributed by atoms with van der Waals surface area (Å²) < 4.78 is 0. The highest BCUT2D eigenvalue weighted by molar-refractivity contribution is 6.02. The van der Waals surface area contributed by atoms with E-state index in [1.54, 1.807) is 18.3 Å². The van der Waals surface area contributed by atoms with Crippen molar-refractivity contribution in [2.45, 2.75) is 25.8 Å². The fourth-order valence-electron chi connectivity index (χ4n) is 3.47. The number of nitrogens with zero attached hydrogens (tertiary/aromatic N) is 1. The van der Waals surface area contributed by atoms with E-state index in [1.807, 2.05) is 36.4 Å². The molecule has 3 heteroatoms. The van der Waals surface area contributed by atoms with Gasteiger partial charge in [0.1, 0.15) is 11.5 Å². The van der Waals surface area contributed by atoms with Gasteiger partial charge in [0, 0.05) is 17.2 Å². The normalized spacial score (nSPS) is 15.4. The van der Waals surface area contributed by atoms with Crippen LogP contribution in [0.1, 0.15) is 25.0 Å². The molecule has 3 aromatic carbocycles. The minimum atomic E-state index is -0.192. The zero-order valence-corrected chi connectivity index (χ0v) is 13.7. The van der Waals surface area contributed by atoms with Crippen LogP contribution < -0.4 is 0 Å². The Morgan fingerprint density at radius 3 is 2.29 bits per heavy atom. The van der Waals surface area contributed by atoms with Crippen LogP contribution in [0.3, 0.4) is 0 Å². The van der Waals surface area contributed by atoms with Crippen molar-refractivity contribution in [3.05, 3.63) is 59.7 Å². The summed E-state index contributed by atoms with van der Waals surface area (Å²) in [4.78, 5) is 4.55. The van der Waals surface area contributed by atoms with E-state index in [0.29, 0.717) is 0 Å². The van der Waals surface area contributed by atoms with Gasteiger partial charge in [0.25, 0.3) is 0 Å². The Kier molecular flexibility index (Phi) is 3.14. The lowest BCUT2D eigenvalue weighted by Crippen LogP contribution is -2.25. The summed E-state index contributed by atoms with van der Waals surface area (Å²) in [6.07, 6.45) is 2.54. The molecule has 4 rings (SSSR count). The van der Waals surface area contributed by atoms with Crippen molar-refractivity contribution in [1.82, 2.24) is 0 Å². The van der Waals surface area contributed by atoms with E-state index >= 15 is 0 Å². The van der Waals surface area contributed by atoms with Gasteiger partial charge in [-0.3, -0.25) is 4.99 Å². The smallest absolute Gasteiger partial charge is 0.124 e. The lowest BCUT2D eigenvalue weighted by atomic mass is 9.83. The first kappa shape index (κ1) is 14.8. The Balaban J connectivity index is 2.04. The molecule has 1 heterocycles. The van der Waals surface area contributed by atoms with Gasteiger partial charge in [-0.2, -0.15) is 0 Å². The second kappa shape index (κ2) is 5.10. The number of phenolic OH excluding ortho intramolecular Hbond substituents is 2. The number of benzene rings is 3. The molecule has 3 nitrogen and oxygen atoms in total. The van der Waals surface area contributed by atoms with Crippen LogP contribution in [0.4, 0.5) is 0 Å². The predicted octanol–water partition coefficient (Wildman–Crippen LogP) is 4.67. The van der Waals surface area contributed by atoms with Crippen molar-refractivity contribution in [2.24, 2.45) is 4.99 Å². The Hall–Kier alpha value is -2.81. The van der Waals surface area contributed by atoms with Gasteiger partial charge in [-0.05, 0) is 54.5 Å². The van der Waals surface area contributed by atoms with Crippen molar-refractivity contribution < 1.29 is 10.2 Å². The monoisotopic (exact) mass is 317 g/mol. The van der Waals surface area contributed by atoms with Gasteiger partial charge in [-0.1, -0.05) is 36.4 Å². The third-order valence-corrected chi connectivity index (χ3v) is 4.68. The van der Waals surface area contributed by atoms with Gasteiger partial charge < -0.3 is 10.2 Å². The Morgan fingerprint density at radius 1 is 0.833 bits per heavy atom. The standard InChI is InChI=1S/C21H19NO2/c1-21(2)11-17-15(8-10-20(24)18(17)12-22-21)14-7-9-19(23)16-6-4-3-5-13(14)16/h3-10,12,23-24H,11H2,1-2H3. The second-order valence-electron chi connectivity index (χ2n) is 6.95. The largest absolute Gasteiger partial charge is 0.507 e. The van der Waals surface area contributed by atoms with Crippen LogP contribution in [0.2, 0.25) is 0 Å². The highest BCUT2D eigenvalue weighted by atomic mass is 16.3. The van der Waals surface area contributed by atoms with E-state index in [-0.39, 0.29) is 17.0 Å². The summed E-state index contributed by atoms with van der Waals surface area (Å²) in [5.41, 5.74) is 3.85. The van der Waals surface area contributed by atoms with Gasteiger partial charge in [-0.15, -0.1) is 0 Å². The van der Waals surface area contributed by atoms with Crippen molar-refractivity contribution in [3.63, 3.8) is 0 Å². The molecule has 0 aromatic heterocycles. The molecular weight excluding hydrogens is 298 g/mol. The summed E-state index contributed by atoms with van der Waals surface area (Å²) in [7, 11) is 0. The Labute approximate surface area is 140 Å². The number of phenols is 2. The molecule has 0 aliphatic carbocycles. The zero-order valence-electron chi connectivity index (χ0n) is 13.7. The molecule has 3 aromatic rings. The zero-order chi connectivity index (χ0) is 16.9. The molecule has 0 unspecified atom stereocenters. The van der Waals surface area contributed by atoms with Gasteiger partial charge in [-0.25, -0.2) is 0 Å². The van der Waals surface area contributed by atoms with E-state index in [9.17, 15) is 10.2 Å². The first-order chi connectivity index (χ1) is 11.5. The molecule has 1 aliphatic heterocycles. The maximum atomic E-state index is 10.2. The summed E-state index contributed by atoms with van der Waals surface area (Å²) in [6, 6.07) is 15.2. The summed E-state index contributed by atoms with van der Waals surface area (Å²) in [6.45, 7) is 4.18. The van der Waals surface area contributed by atoms with Crippen molar-refractivity contribution >= 4 is 17.0 Å². The average molecular weight is 317 g/mol. The van der Waals surface area contributed by atoms with Crippen LogP contribution in [-0.4, -0.2) is 22.0 Å². The molecule has 0 fully saturated rings. The van der Waals surface area contributed by atoms with Gasteiger partial charge in [0.05, 0.1) is 5.54 Å². The number of fused-ring (bicyclic) bond motifs is 2. The highest BCUT2D eigenvalue weighted by Crippen LogP contribution is 2.40. The van der Waals surface area contributed by atoms with E-state index < -0.39 is 0 Å². The van der Waals surface area contributed by atoms with Crippen LogP contribution in [0.15, 0.2) is 53.5 Å². The second-order valence-corrected chi connectivity index (χ2v) is 6.95. The third kappa shape index (κ3) is 2.24. The van der Waals surface area contributed by atoms with Crippen LogP contribution in [-0.2, 0) is 6.42 Å². The average Bonchev–Trinajstić information content (AvgIpc) is 2.56. The molecule has 2 N–H and O–H groups in total. The summed E-state index contributed by atoms with van der Waals surface area (Å²) in [5, 5.41) is 22.2. The molecule has 24 heavy (non-hydrogen) atoms. The Bertz CT molecular complexity index is 987. The van der Waals surface area contributed by atoms with E-state index in [0.717, 1.165) is 39.4 Å². The van der Waals surface area contributed by atoms with Crippen LogP contribution >= 0.6 is 0 Å². The van der Waals surface area contributed by atoms with Gasteiger partial charge >= 0.3 is 0 Å². The van der Waals surface area contributed by atoms with Crippen molar-refractivity contribution in [3.8, 4) is 22.6 Å². The van der Waals surface area contributed by atoms with E-state index in [4.69, 9.17) is 0 Å². The summed E-state index contributed by atoms with van der Waals surface area (Å²) >= 11 is 0. The highest BCUT2D eigenvalue weighted by Gasteiger charge is 2.26. The van der Waals surface area contributed by atoms with Gasteiger partial charge in [0.15, 0.2) is 0 Å². The molecular formula is C21H19NO2. The number of rotatable bonds is 1. The molecule has 0 saturated heterocycles. The van der Waals surface area contributed by atoms with Crippen LogP contribution in [0, 0.1) is 0 Å². The molecule has 0 radical (unpaired) electrons. The first-order valence-corrected chi connectivity index (χ1v) is 8.07. The van der Waals surface area contributed by atoms with Crippen LogP contribution in [0.5, 0.6) is 11.5 Å². The van der Waals surface area contributed by atoms with Crippen molar-refractivity contribution in [2.75, 3.05) is 0 Å². The molecule has 0 spiro atoms. The van der Waals surface area contributed by atoms with E-state index in [2.05, 4.69) is 18.8 Å². The minimum Gasteiger partial charge on any atom is -0.507 e. The number of aliphatic imine (C=N–C) groups is 1. The SMILES string of the molecule is CC1(C)Cc2c(-c3ccc(O)c4ccccc34)ccc(O)c2C=N1. The quantitative estimate of drug-likeness (QED) is 0.685. The predicted molar refractivity (Wildman–Crippen MR) is 98.1 cm³/mol. The lowest BCUT2D eigenvalue weighted by molar-refractivity contribution is 0.467. The van der Waals surface area contributed by atoms with E-state index in [1.165, 1.54) is 0 Å². The fraction of sp³-hybridized carbons (Fsp3) is 0.190. The molecule has 1 aliphatic rings. The molecule has 0 amide bonds. The van der Waals surface area contributed by atoms with Gasteiger partial charge in [0.2, 0.25) is 0 Å². The fourth-order valence-corrected chi connectivity index (χ4v) is 3.47. The number of hydrogen-bond donors (Lipinski definition) is 2. The molecule has 120 valence electrons. The maximum Gasteiger partial charge on any atom is 0.124 e. The maximum absolute atomic E-state index is 10.2. The topological polar surface area (TPSA) is 52.8 Å². The lowest BCUT2D eigenvalue weighted by Gasteiger charge is -2.28. The van der Waals surface area contributed by atoms with Crippen molar-refractivity contribution in [1.29, 1.82) is 0 Å². The number of aromatic hydroxyl groups is 2. The molecule has 0 bridgehead atoms. The number of hydrogen-bond acceptors (Lipinski definition) is 3. The van der Waals surface area contributed by atoms with Crippen LogP contribution in [0.25, 0.3) is 21.9 Å². The molecule has 0 saturated carbocycles.